The third-order valence-corrected chi connectivity index (χ3v) is 6.22. The summed E-state index contributed by atoms with van der Waals surface area (Å²) in [6.45, 7) is 1.91. The highest BCUT2D eigenvalue weighted by atomic mass is 32.2. The maximum absolute atomic E-state index is 14.8. The van der Waals surface area contributed by atoms with Crippen molar-refractivity contribution in [2.75, 3.05) is 30.3 Å². The molecule has 0 bridgehead atoms. The number of hydrogen-bond donors (Lipinski definition) is 3. The van der Waals surface area contributed by atoms with E-state index in [-0.39, 0.29) is 37.8 Å². The van der Waals surface area contributed by atoms with E-state index in [0.29, 0.717) is 16.8 Å². The van der Waals surface area contributed by atoms with Crippen LogP contribution in [0.1, 0.15) is 12.5 Å². The highest BCUT2D eigenvalue weighted by Gasteiger charge is 2.32. The molecule has 3 rings (SSSR count). The minimum atomic E-state index is -3.43. The number of nitrogens with zero attached hydrogens (tertiary/aromatic N) is 1. The number of halogens is 1. The molecule has 1 fully saturated rings. The van der Waals surface area contributed by atoms with Crippen LogP contribution in [-0.2, 0) is 26.1 Å². The summed E-state index contributed by atoms with van der Waals surface area (Å²) < 4.78 is 45.9. The van der Waals surface area contributed by atoms with Crippen molar-refractivity contribution >= 4 is 27.7 Å². The molecule has 0 radical (unpaired) electrons. The summed E-state index contributed by atoms with van der Waals surface area (Å²) in [7, 11) is -3.43. The Labute approximate surface area is 185 Å². The zero-order chi connectivity index (χ0) is 23.3. The summed E-state index contributed by atoms with van der Waals surface area (Å²) in [5.74, 6) is -0.896. The largest absolute Gasteiger partial charge is 0.442 e. The number of rotatable bonds is 9. The van der Waals surface area contributed by atoms with Crippen LogP contribution in [0.25, 0.3) is 11.1 Å². The van der Waals surface area contributed by atoms with Gasteiger partial charge in [0, 0.05) is 25.6 Å². The molecule has 0 unspecified atom stereocenters. The van der Waals surface area contributed by atoms with Crippen molar-refractivity contribution in [3.63, 3.8) is 0 Å². The highest BCUT2D eigenvalue weighted by Crippen LogP contribution is 2.29. The summed E-state index contributed by atoms with van der Waals surface area (Å²) in [6, 6.07) is 11.2. The van der Waals surface area contributed by atoms with Crippen LogP contribution < -0.4 is 20.7 Å². The third-order valence-electron chi connectivity index (χ3n) is 4.86. The molecular weight excluding hydrogens is 439 g/mol. The number of anilines is 1. The van der Waals surface area contributed by atoms with Crippen LogP contribution >= 0.6 is 0 Å². The van der Waals surface area contributed by atoms with Crippen molar-refractivity contribution in [3.05, 3.63) is 53.8 Å². The van der Waals surface area contributed by atoms with Crippen LogP contribution in [0.5, 0.6) is 0 Å². The van der Waals surface area contributed by atoms with Crippen molar-refractivity contribution in [2.24, 2.45) is 5.73 Å². The van der Waals surface area contributed by atoms with Crippen LogP contribution in [0.4, 0.5) is 14.9 Å². The molecule has 32 heavy (non-hydrogen) atoms. The lowest BCUT2D eigenvalue weighted by Crippen LogP contribution is -2.33. The van der Waals surface area contributed by atoms with Gasteiger partial charge in [0.1, 0.15) is 11.9 Å². The smallest absolute Gasteiger partial charge is 0.414 e. The molecular formula is C21H25FN4O5S. The van der Waals surface area contributed by atoms with Gasteiger partial charge in [-0.15, -0.1) is 0 Å². The maximum atomic E-state index is 14.8. The molecule has 4 N–H and O–H groups in total. The minimum absolute atomic E-state index is 0.0364. The van der Waals surface area contributed by atoms with Gasteiger partial charge in [-0.3, -0.25) is 9.69 Å². The number of ether oxygens (including phenoxy) is 1. The Bertz CT molecular complexity index is 1090. The molecule has 0 aromatic heterocycles. The first-order chi connectivity index (χ1) is 15.2. The second-order valence-corrected chi connectivity index (χ2v) is 9.27. The Morgan fingerprint density at radius 2 is 1.97 bits per heavy atom. The quantitative estimate of drug-likeness (QED) is 0.513. The number of amides is 2. The minimum Gasteiger partial charge on any atom is -0.442 e. The molecule has 2 amide bonds. The first kappa shape index (κ1) is 23.6. The fourth-order valence-electron chi connectivity index (χ4n) is 3.23. The van der Waals surface area contributed by atoms with Gasteiger partial charge < -0.3 is 15.8 Å². The molecule has 1 aliphatic heterocycles. The summed E-state index contributed by atoms with van der Waals surface area (Å²) in [6.07, 6.45) is -1.11. The Hall–Kier alpha value is -3.02. The number of hydrogen-bond acceptors (Lipinski definition) is 6. The van der Waals surface area contributed by atoms with E-state index in [1.165, 1.54) is 17.9 Å². The first-order valence-corrected chi connectivity index (χ1v) is 11.6. The van der Waals surface area contributed by atoms with Gasteiger partial charge in [-0.1, -0.05) is 24.3 Å². The fraction of sp³-hybridized carbons (Fsp3) is 0.333. The molecule has 1 saturated heterocycles. The number of carbonyl (C=O) groups excluding carboxylic acids is 2. The highest BCUT2D eigenvalue weighted by molar-refractivity contribution is 7.89. The zero-order valence-electron chi connectivity index (χ0n) is 17.5. The predicted molar refractivity (Wildman–Crippen MR) is 118 cm³/mol. The van der Waals surface area contributed by atoms with Gasteiger partial charge in [-0.05, 0) is 29.3 Å². The number of nitrogens with one attached hydrogen (secondary N) is 2. The molecule has 9 nitrogen and oxygen atoms in total. The van der Waals surface area contributed by atoms with Gasteiger partial charge >= 0.3 is 6.09 Å². The van der Waals surface area contributed by atoms with E-state index in [1.54, 1.807) is 36.4 Å². The second kappa shape index (κ2) is 10.1. The summed E-state index contributed by atoms with van der Waals surface area (Å²) in [5, 5.41) is 2.59. The zero-order valence-corrected chi connectivity index (χ0v) is 18.3. The Morgan fingerprint density at radius 1 is 1.25 bits per heavy atom. The molecule has 11 heteroatoms. The van der Waals surface area contributed by atoms with Gasteiger partial charge in [0.05, 0.1) is 24.5 Å². The molecule has 172 valence electrons. The number of nitrogens with two attached hydrogens (primary N) is 1. The van der Waals surface area contributed by atoms with E-state index >= 15 is 0 Å². The lowest BCUT2D eigenvalue weighted by atomic mass is 10.0. The summed E-state index contributed by atoms with van der Waals surface area (Å²) in [4.78, 5) is 24.5. The number of cyclic esters (lactones) is 1. The third kappa shape index (κ3) is 6.02. The first-order valence-electron chi connectivity index (χ1n) is 9.97. The molecule has 0 spiro atoms. The van der Waals surface area contributed by atoms with Gasteiger partial charge in [0.2, 0.25) is 15.9 Å². The van der Waals surface area contributed by atoms with E-state index in [2.05, 4.69) is 10.0 Å². The van der Waals surface area contributed by atoms with E-state index < -0.39 is 28.0 Å². The molecule has 1 atom stereocenters. The van der Waals surface area contributed by atoms with Gasteiger partial charge in [0.25, 0.3) is 0 Å². The summed E-state index contributed by atoms with van der Waals surface area (Å²) in [5.41, 5.74) is 7.29. The van der Waals surface area contributed by atoms with E-state index in [9.17, 15) is 22.4 Å². The average Bonchev–Trinajstić information content (AvgIpc) is 3.12. The lowest BCUT2D eigenvalue weighted by Gasteiger charge is -2.15. The standard InChI is InChI=1S/C21H25FN4O5S/c1-14(27)24-12-18-13-26(21(28)31-18)17-6-7-19(20(22)10-17)16-4-2-15(3-5-16)11-25-32(29,30)9-8-23/h2-7,10,18,25H,8-9,11-13,23H2,1H3,(H,24,27)/t18-/m0/s1. The van der Waals surface area contributed by atoms with E-state index in [1.807, 2.05) is 0 Å². The van der Waals surface area contributed by atoms with E-state index in [4.69, 9.17) is 10.5 Å². The van der Waals surface area contributed by atoms with Gasteiger partial charge in [-0.25, -0.2) is 22.3 Å². The SMILES string of the molecule is CC(=O)NC[C@H]1CN(c2ccc(-c3ccc(CNS(=O)(=O)CCN)cc3)c(F)c2)C(=O)O1. The molecule has 1 aliphatic rings. The Morgan fingerprint density at radius 3 is 2.59 bits per heavy atom. The van der Waals surface area contributed by atoms with Crippen LogP contribution in [0.15, 0.2) is 42.5 Å². The topological polar surface area (TPSA) is 131 Å². The lowest BCUT2D eigenvalue weighted by molar-refractivity contribution is -0.119. The molecule has 1 heterocycles. The molecule has 2 aromatic rings. The summed E-state index contributed by atoms with van der Waals surface area (Å²) >= 11 is 0. The van der Waals surface area contributed by atoms with Gasteiger partial charge in [-0.2, -0.15) is 0 Å². The van der Waals surface area contributed by atoms with Gasteiger partial charge in [0.15, 0.2) is 0 Å². The van der Waals surface area contributed by atoms with Crippen molar-refractivity contribution < 1.29 is 27.1 Å². The van der Waals surface area contributed by atoms with Crippen molar-refractivity contribution in [1.29, 1.82) is 0 Å². The van der Waals surface area contributed by atoms with Crippen molar-refractivity contribution in [2.45, 2.75) is 19.6 Å². The van der Waals surface area contributed by atoms with Crippen LogP contribution in [0.2, 0.25) is 0 Å². The van der Waals surface area contributed by atoms with Crippen LogP contribution in [-0.4, -0.2) is 51.9 Å². The average molecular weight is 465 g/mol. The monoisotopic (exact) mass is 464 g/mol. The van der Waals surface area contributed by atoms with Crippen molar-refractivity contribution in [1.82, 2.24) is 10.0 Å². The molecule has 0 aliphatic carbocycles. The fourth-order valence-corrected chi connectivity index (χ4v) is 4.07. The van der Waals surface area contributed by atoms with Crippen LogP contribution in [0.3, 0.4) is 0 Å². The number of carbonyl (C=O) groups is 2. The maximum Gasteiger partial charge on any atom is 0.414 e. The van der Waals surface area contributed by atoms with Crippen molar-refractivity contribution in [3.8, 4) is 11.1 Å². The predicted octanol–water partition coefficient (Wildman–Crippen LogP) is 1.33. The second-order valence-electron chi connectivity index (χ2n) is 7.34. The van der Waals surface area contributed by atoms with Crippen LogP contribution in [0, 0.1) is 5.82 Å². The van der Waals surface area contributed by atoms with E-state index in [0.717, 1.165) is 5.56 Å². The molecule has 2 aromatic carbocycles. The normalized spacial score (nSPS) is 16.2. The Balaban J connectivity index is 1.67. The number of benzene rings is 2. The number of sulfonamides is 1. The molecule has 0 saturated carbocycles. The Kier molecular flexibility index (Phi) is 7.44.